The van der Waals surface area contributed by atoms with Crippen molar-refractivity contribution in [3.8, 4) is 0 Å². The van der Waals surface area contributed by atoms with E-state index >= 15 is 0 Å². The fourth-order valence-corrected chi connectivity index (χ4v) is 1.28. The molecular weight excluding hydrogens is 198 g/mol. The maximum absolute atomic E-state index is 11.2. The zero-order valence-corrected chi connectivity index (χ0v) is 9.97. The van der Waals surface area contributed by atoms with E-state index in [4.69, 9.17) is 0 Å². The highest BCUT2D eigenvalue weighted by Crippen LogP contribution is 2.13. The highest BCUT2D eigenvalue weighted by molar-refractivity contribution is 6.01. The normalized spacial score (nSPS) is 11.2. The molecule has 0 saturated carbocycles. The molecule has 0 heterocycles. The summed E-state index contributed by atoms with van der Waals surface area (Å²) < 4.78 is 0. The van der Waals surface area contributed by atoms with Gasteiger partial charge in [0.25, 0.3) is 0 Å². The van der Waals surface area contributed by atoms with E-state index < -0.39 is 0 Å². The highest BCUT2D eigenvalue weighted by Gasteiger charge is 1.94. The van der Waals surface area contributed by atoms with Crippen molar-refractivity contribution in [1.29, 1.82) is 0 Å². The Balaban J connectivity index is 2.72. The first kappa shape index (κ1) is 12.2. The maximum atomic E-state index is 11.2. The molecule has 0 aliphatic rings. The average molecular weight is 215 g/mol. The van der Waals surface area contributed by atoms with Gasteiger partial charge in [0.05, 0.1) is 0 Å². The van der Waals surface area contributed by atoms with Gasteiger partial charge < -0.3 is 4.90 Å². The SMILES string of the molecule is C/C=C/C(=O)/C=C/c1ccc(N(C)C)cc1. The van der Waals surface area contributed by atoms with Crippen LogP contribution in [-0.2, 0) is 4.79 Å². The molecule has 0 spiro atoms. The molecule has 0 fully saturated rings. The van der Waals surface area contributed by atoms with E-state index in [-0.39, 0.29) is 5.78 Å². The molecule has 0 amide bonds. The zero-order chi connectivity index (χ0) is 12.0. The Kier molecular flexibility index (Phi) is 4.52. The predicted octanol–water partition coefficient (Wildman–Crippen LogP) is 2.91. The summed E-state index contributed by atoms with van der Waals surface area (Å²) in [4.78, 5) is 13.2. The number of carbonyl (C=O) groups is 1. The summed E-state index contributed by atoms with van der Waals surface area (Å²) >= 11 is 0. The lowest BCUT2D eigenvalue weighted by Crippen LogP contribution is -2.07. The van der Waals surface area contributed by atoms with Crippen molar-refractivity contribution in [2.75, 3.05) is 19.0 Å². The largest absolute Gasteiger partial charge is 0.378 e. The summed E-state index contributed by atoms with van der Waals surface area (Å²) in [6.07, 6.45) is 6.68. The predicted molar refractivity (Wildman–Crippen MR) is 69.6 cm³/mol. The molecule has 0 aliphatic carbocycles. The number of hydrogen-bond donors (Lipinski definition) is 0. The Morgan fingerprint density at radius 2 is 1.75 bits per heavy atom. The zero-order valence-electron chi connectivity index (χ0n) is 9.97. The number of rotatable bonds is 4. The van der Waals surface area contributed by atoms with Crippen LogP contribution in [0, 0.1) is 0 Å². The lowest BCUT2D eigenvalue weighted by Gasteiger charge is -2.11. The van der Waals surface area contributed by atoms with Crippen molar-refractivity contribution in [3.63, 3.8) is 0 Å². The van der Waals surface area contributed by atoms with Crippen LogP contribution in [0.5, 0.6) is 0 Å². The van der Waals surface area contributed by atoms with Crippen molar-refractivity contribution in [1.82, 2.24) is 0 Å². The summed E-state index contributed by atoms with van der Waals surface area (Å²) in [6.45, 7) is 1.83. The smallest absolute Gasteiger partial charge is 0.178 e. The molecule has 0 atom stereocenters. The van der Waals surface area contributed by atoms with E-state index in [1.54, 1.807) is 18.2 Å². The van der Waals surface area contributed by atoms with E-state index in [0.717, 1.165) is 11.3 Å². The lowest BCUT2D eigenvalue weighted by molar-refractivity contribution is -0.110. The summed E-state index contributed by atoms with van der Waals surface area (Å²) in [7, 11) is 4.00. The second-order valence-corrected chi connectivity index (χ2v) is 3.72. The summed E-state index contributed by atoms with van der Waals surface area (Å²) in [6, 6.07) is 8.04. The van der Waals surface area contributed by atoms with Crippen LogP contribution >= 0.6 is 0 Å². The molecule has 0 saturated heterocycles. The molecule has 16 heavy (non-hydrogen) atoms. The Labute approximate surface area is 96.9 Å². The molecule has 0 radical (unpaired) electrons. The van der Waals surface area contributed by atoms with Crippen molar-refractivity contribution in [2.45, 2.75) is 6.92 Å². The Morgan fingerprint density at radius 3 is 2.25 bits per heavy atom. The molecule has 1 aromatic carbocycles. The first-order chi connectivity index (χ1) is 7.63. The molecular formula is C14H17NO. The van der Waals surface area contributed by atoms with Crippen LogP contribution in [0.4, 0.5) is 5.69 Å². The number of ketones is 1. The van der Waals surface area contributed by atoms with Crippen LogP contribution in [0.15, 0.2) is 42.5 Å². The van der Waals surface area contributed by atoms with Gasteiger partial charge >= 0.3 is 0 Å². The molecule has 1 aromatic rings. The minimum absolute atomic E-state index is 0.0131. The van der Waals surface area contributed by atoms with Gasteiger partial charge in [-0.25, -0.2) is 0 Å². The third kappa shape index (κ3) is 3.73. The van der Waals surface area contributed by atoms with E-state index in [0.29, 0.717) is 0 Å². The molecule has 2 nitrogen and oxygen atoms in total. The number of hydrogen-bond acceptors (Lipinski definition) is 2. The lowest BCUT2D eigenvalue weighted by atomic mass is 10.1. The monoisotopic (exact) mass is 215 g/mol. The Bertz CT molecular complexity index is 399. The Hall–Kier alpha value is -1.83. The number of benzene rings is 1. The van der Waals surface area contributed by atoms with E-state index in [1.165, 1.54) is 0 Å². The minimum atomic E-state index is 0.0131. The third-order valence-electron chi connectivity index (χ3n) is 2.18. The number of carbonyl (C=O) groups excluding carboxylic acids is 1. The van der Waals surface area contributed by atoms with Crippen LogP contribution in [0.3, 0.4) is 0 Å². The molecule has 0 bridgehead atoms. The molecule has 0 aliphatic heterocycles. The van der Waals surface area contributed by atoms with Gasteiger partial charge in [0.15, 0.2) is 5.78 Å². The molecule has 0 aromatic heterocycles. The molecule has 0 unspecified atom stereocenters. The van der Waals surface area contributed by atoms with Gasteiger partial charge in [0.2, 0.25) is 0 Å². The maximum Gasteiger partial charge on any atom is 0.178 e. The van der Waals surface area contributed by atoms with Crippen LogP contribution in [0.25, 0.3) is 6.08 Å². The fourth-order valence-electron chi connectivity index (χ4n) is 1.28. The van der Waals surface area contributed by atoms with Gasteiger partial charge in [0, 0.05) is 19.8 Å². The van der Waals surface area contributed by atoms with E-state index in [9.17, 15) is 4.79 Å². The molecule has 0 N–H and O–H groups in total. The quantitative estimate of drug-likeness (QED) is 0.720. The number of anilines is 1. The first-order valence-electron chi connectivity index (χ1n) is 5.25. The van der Waals surface area contributed by atoms with Crippen molar-refractivity contribution in [2.24, 2.45) is 0 Å². The minimum Gasteiger partial charge on any atom is -0.378 e. The van der Waals surface area contributed by atoms with Crippen LogP contribution < -0.4 is 4.90 Å². The molecule has 84 valence electrons. The van der Waals surface area contributed by atoms with Crippen LogP contribution in [0.1, 0.15) is 12.5 Å². The van der Waals surface area contributed by atoms with Gasteiger partial charge in [-0.2, -0.15) is 0 Å². The van der Waals surface area contributed by atoms with Crippen LogP contribution in [0.2, 0.25) is 0 Å². The third-order valence-corrected chi connectivity index (χ3v) is 2.18. The van der Waals surface area contributed by atoms with Crippen molar-refractivity contribution >= 4 is 17.5 Å². The first-order valence-corrected chi connectivity index (χ1v) is 5.25. The van der Waals surface area contributed by atoms with Gasteiger partial charge in [-0.3, -0.25) is 4.79 Å². The average Bonchev–Trinajstić information content (AvgIpc) is 2.27. The number of nitrogens with zero attached hydrogens (tertiary/aromatic N) is 1. The van der Waals surface area contributed by atoms with Crippen molar-refractivity contribution < 1.29 is 4.79 Å². The van der Waals surface area contributed by atoms with Gasteiger partial charge in [-0.15, -0.1) is 0 Å². The van der Waals surface area contributed by atoms with Crippen LogP contribution in [-0.4, -0.2) is 19.9 Å². The van der Waals surface area contributed by atoms with Gasteiger partial charge in [-0.05, 0) is 36.8 Å². The van der Waals surface area contributed by atoms with E-state index in [2.05, 4.69) is 0 Å². The van der Waals surface area contributed by atoms with Gasteiger partial charge in [-0.1, -0.05) is 24.3 Å². The van der Waals surface area contributed by atoms with Crippen molar-refractivity contribution in [3.05, 3.63) is 48.1 Å². The second-order valence-electron chi connectivity index (χ2n) is 3.72. The second kappa shape index (κ2) is 5.91. The highest BCUT2D eigenvalue weighted by atomic mass is 16.1. The summed E-state index contributed by atoms with van der Waals surface area (Å²) in [5, 5.41) is 0. The van der Waals surface area contributed by atoms with Gasteiger partial charge in [0.1, 0.15) is 0 Å². The van der Waals surface area contributed by atoms with E-state index in [1.807, 2.05) is 56.3 Å². The number of allylic oxidation sites excluding steroid dienone is 3. The molecule has 1 rings (SSSR count). The standard InChI is InChI=1S/C14H17NO/c1-4-5-14(16)11-8-12-6-9-13(10-7-12)15(2)3/h4-11H,1-3H3/b5-4+,11-8+. The molecule has 2 heteroatoms. The summed E-state index contributed by atoms with van der Waals surface area (Å²) in [5.41, 5.74) is 2.18. The Morgan fingerprint density at radius 1 is 1.12 bits per heavy atom. The summed E-state index contributed by atoms with van der Waals surface area (Å²) in [5.74, 6) is 0.0131. The topological polar surface area (TPSA) is 20.3 Å². The fraction of sp³-hybridized carbons (Fsp3) is 0.214.